The van der Waals surface area contributed by atoms with E-state index in [4.69, 9.17) is 0 Å². The van der Waals surface area contributed by atoms with Crippen molar-refractivity contribution in [2.45, 2.75) is 34.1 Å². The van der Waals surface area contributed by atoms with E-state index in [1.165, 1.54) is 11.3 Å². The molecule has 0 aliphatic heterocycles. The van der Waals surface area contributed by atoms with Crippen LogP contribution in [0.2, 0.25) is 0 Å². The molecule has 0 aliphatic rings. The summed E-state index contributed by atoms with van der Waals surface area (Å²) in [5, 5.41) is 6.79. The Bertz CT molecular complexity index is 1030. The van der Waals surface area contributed by atoms with Crippen LogP contribution >= 0.6 is 11.3 Å². The molecule has 0 bridgehead atoms. The summed E-state index contributed by atoms with van der Waals surface area (Å²) >= 11 is 1.43. The number of anilines is 2. The van der Waals surface area contributed by atoms with Crippen molar-refractivity contribution < 1.29 is 9.59 Å². The number of aryl methyl sites for hydroxylation is 1. The monoisotopic (exact) mass is 407 g/mol. The number of thiazole rings is 1. The Morgan fingerprint density at radius 1 is 0.966 bits per heavy atom. The van der Waals surface area contributed by atoms with Gasteiger partial charge in [0.05, 0.1) is 10.7 Å². The highest BCUT2D eigenvalue weighted by Crippen LogP contribution is 2.25. The molecule has 0 saturated carbocycles. The molecule has 0 atom stereocenters. The fourth-order valence-electron chi connectivity index (χ4n) is 3.02. The van der Waals surface area contributed by atoms with E-state index < -0.39 is 0 Å². The van der Waals surface area contributed by atoms with Crippen molar-refractivity contribution in [1.29, 1.82) is 0 Å². The fourth-order valence-corrected chi connectivity index (χ4v) is 4.19. The lowest BCUT2D eigenvalue weighted by atomic mass is 10.1. The van der Waals surface area contributed by atoms with Gasteiger partial charge < -0.3 is 10.6 Å². The average molecular weight is 408 g/mol. The molecule has 1 aromatic heterocycles. The van der Waals surface area contributed by atoms with Crippen LogP contribution in [-0.2, 0) is 6.42 Å². The summed E-state index contributed by atoms with van der Waals surface area (Å²) in [6.45, 7) is 7.95. The molecule has 3 aromatic rings. The van der Waals surface area contributed by atoms with Crippen molar-refractivity contribution in [2.75, 3.05) is 10.6 Å². The number of amides is 2. The topological polar surface area (TPSA) is 71.1 Å². The highest BCUT2D eigenvalue weighted by molar-refractivity contribution is 7.13. The summed E-state index contributed by atoms with van der Waals surface area (Å²) in [6.07, 6.45) is 0.854. The lowest BCUT2D eigenvalue weighted by Crippen LogP contribution is -2.16. The van der Waals surface area contributed by atoms with E-state index in [9.17, 15) is 9.59 Å². The van der Waals surface area contributed by atoms with Gasteiger partial charge in [-0.25, -0.2) is 4.98 Å². The largest absolute Gasteiger partial charge is 0.322 e. The number of nitrogens with one attached hydrogen (secondary N) is 2. The van der Waals surface area contributed by atoms with E-state index in [1.807, 2.05) is 44.2 Å². The summed E-state index contributed by atoms with van der Waals surface area (Å²) in [5.41, 5.74) is 3.32. The molecular formula is C23H25N3O2S. The standard InChI is InChI=1S/C23H25N3O2S/c1-14(2)13-20-24-16(4)21(29-20)23(28)26-19-12-8-11-18(15(19)3)22(27)25-17-9-6-5-7-10-17/h5-12,14H,13H2,1-4H3,(H,25,27)(H,26,28). The van der Waals surface area contributed by atoms with Crippen LogP contribution in [0.4, 0.5) is 11.4 Å². The second-order valence-electron chi connectivity index (χ2n) is 7.37. The Labute approximate surface area is 175 Å². The number of para-hydroxylation sites is 1. The van der Waals surface area contributed by atoms with Gasteiger partial charge in [0.2, 0.25) is 0 Å². The zero-order chi connectivity index (χ0) is 21.0. The first-order chi connectivity index (χ1) is 13.8. The first kappa shape index (κ1) is 20.7. The zero-order valence-corrected chi connectivity index (χ0v) is 17.9. The van der Waals surface area contributed by atoms with Gasteiger partial charge in [0.25, 0.3) is 11.8 Å². The Kier molecular flexibility index (Phi) is 6.44. The maximum atomic E-state index is 12.8. The first-order valence-electron chi connectivity index (χ1n) is 9.58. The molecule has 0 saturated heterocycles. The minimum absolute atomic E-state index is 0.196. The zero-order valence-electron chi connectivity index (χ0n) is 17.1. The van der Waals surface area contributed by atoms with E-state index in [-0.39, 0.29) is 11.8 Å². The molecule has 2 amide bonds. The molecule has 0 spiro atoms. The predicted octanol–water partition coefficient (Wildman–Crippen LogP) is 5.46. The molecular weight excluding hydrogens is 382 g/mol. The molecule has 150 valence electrons. The predicted molar refractivity (Wildman–Crippen MR) is 119 cm³/mol. The molecule has 0 fully saturated rings. The van der Waals surface area contributed by atoms with E-state index in [1.54, 1.807) is 18.2 Å². The van der Waals surface area contributed by atoms with Crippen LogP contribution in [-0.4, -0.2) is 16.8 Å². The van der Waals surface area contributed by atoms with Crippen molar-refractivity contribution in [3.8, 4) is 0 Å². The number of nitrogens with zero attached hydrogens (tertiary/aromatic N) is 1. The second kappa shape index (κ2) is 9.01. The number of aromatic nitrogens is 1. The normalized spacial score (nSPS) is 10.8. The molecule has 3 rings (SSSR count). The SMILES string of the molecule is Cc1nc(CC(C)C)sc1C(=O)Nc1cccc(C(=O)Nc2ccccc2)c1C. The molecule has 1 heterocycles. The average Bonchev–Trinajstić information content (AvgIpc) is 3.03. The molecule has 29 heavy (non-hydrogen) atoms. The lowest BCUT2D eigenvalue weighted by molar-refractivity contribution is 0.101. The number of hydrogen-bond acceptors (Lipinski definition) is 4. The van der Waals surface area contributed by atoms with Crippen LogP contribution in [0.3, 0.4) is 0 Å². The molecule has 2 N–H and O–H groups in total. The van der Waals surface area contributed by atoms with Crippen molar-refractivity contribution in [1.82, 2.24) is 4.98 Å². The molecule has 0 aliphatic carbocycles. The fraction of sp³-hybridized carbons (Fsp3) is 0.261. The van der Waals surface area contributed by atoms with Crippen LogP contribution < -0.4 is 10.6 Å². The van der Waals surface area contributed by atoms with Gasteiger partial charge in [0.1, 0.15) is 4.88 Å². The van der Waals surface area contributed by atoms with Gasteiger partial charge in [-0.1, -0.05) is 38.1 Å². The van der Waals surface area contributed by atoms with Gasteiger partial charge in [-0.05, 0) is 49.6 Å². The summed E-state index contributed by atoms with van der Waals surface area (Å²) < 4.78 is 0. The highest BCUT2D eigenvalue weighted by atomic mass is 32.1. The van der Waals surface area contributed by atoms with Gasteiger partial charge >= 0.3 is 0 Å². The van der Waals surface area contributed by atoms with Crippen LogP contribution in [0.1, 0.15) is 50.1 Å². The van der Waals surface area contributed by atoms with E-state index in [2.05, 4.69) is 29.5 Å². The smallest absolute Gasteiger partial charge is 0.267 e. The number of benzene rings is 2. The van der Waals surface area contributed by atoms with Gasteiger partial charge in [-0.3, -0.25) is 9.59 Å². The van der Waals surface area contributed by atoms with Crippen LogP contribution in [0.5, 0.6) is 0 Å². The van der Waals surface area contributed by atoms with E-state index >= 15 is 0 Å². The van der Waals surface area contributed by atoms with E-state index in [0.29, 0.717) is 22.0 Å². The van der Waals surface area contributed by atoms with Gasteiger partial charge in [-0.15, -0.1) is 11.3 Å². The second-order valence-corrected chi connectivity index (χ2v) is 8.46. The third-order valence-corrected chi connectivity index (χ3v) is 5.67. The third-order valence-electron chi connectivity index (χ3n) is 4.49. The van der Waals surface area contributed by atoms with Crippen LogP contribution in [0.15, 0.2) is 48.5 Å². The molecule has 5 nitrogen and oxygen atoms in total. The molecule has 0 radical (unpaired) electrons. The van der Waals surface area contributed by atoms with Crippen LogP contribution in [0, 0.1) is 19.8 Å². The number of hydrogen-bond donors (Lipinski definition) is 2. The van der Waals surface area contributed by atoms with Gasteiger partial charge in [-0.2, -0.15) is 0 Å². The molecule has 2 aromatic carbocycles. The van der Waals surface area contributed by atoms with Gasteiger partial charge in [0.15, 0.2) is 0 Å². The summed E-state index contributed by atoms with van der Waals surface area (Å²) in [5.74, 6) is 0.0789. The van der Waals surface area contributed by atoms with E-state index in [0.717, 1.165) is 28.4 Å². The summed E-state index contributed by atoms with van der Waals surface area (Å²) in [6, 6.07) is 14.6. The number of rotatable bonds is 6. The Morgan fingerprint density at radius 3 is 2.38 bits per heavy atom. The Hall–Kier alpha value is -2.99. The van der Waals surface area contributed by atoms with Crippen molar-refractivity contribution in [3.05, 3.63) is 75.2 Å². The Balaban J connectivity index is 1.78. The minimum Gasteiger partial charge on any atom is -0.322 e. The van der Waals surface area contributed by atoms with Crippen LogP contribution in [0.25, 0.3) is 0 Å². The molecule has 6 heteroatoms. The third kappa shape index (κ3) is 5.09. The highest BCUT2D eigenvalue weighted by Gasteiger charge is 2.18. The summed E-state index contributed by atoms with van der Waals surface area (Å²) in [7, 11) is 0. The minimum atomic E-state index is -0.210. The summed E-state index contributed by atoms with van der Waals surface area (Å²) in [4.78, 5) is 30.6. The number of carbonyl (C=O) groups is 2. The molecule has 0 unspecified atom stereocenters. The first-order valence-corrected chi connectivity index (χ1v) is 10.4. The Morgan fingerprint density at radius 2 is 1.69 bits per heavy atom. The number of carbonyl (C=O) groups excluding carboxylic acids is 2. The van der Waals surface area contributed by atoms with Crippen molar-refractivity contribution >= 4 is 34.5 Å². The van der Waals surface area contributed by atoms with Gasteiger partial charge in [0, 0.05) is 23.4 Å². The van der Waals surface area contributed by atoms with Crippen molar-refractivity contribution in [2.24, 2.45) is 5.92 Å². The maximum Gasteiger partial charge on any atom is 0.267 e. The maximum absolute atomic E-state index is 12.8. The van der Waals surface area contributed by atoms with Crippen molar-refractivity contribution in [3.63, 3.8) is 0 Å². The lowest BCUT2D eigenvalue weighted by Gasteiger charge is -2.12. The quantitative estimate of drug-likeness (QED) is 0.570.